The minimum Gasteiger partial charge on any atom is -0.394 e. The lowest BCUT2D eigenvalue weighted by Gasteiger charge is -2.37. The lowest BCUT2D eigenvalue weighted by molar-refractivity contribution is -0.0805. The normalized spacial score (nSPS) is 23.8. The predicted octanol–water partition coefficient (Wildman–Crippen LogP) is 0.691. The van der Waals surface area contributed by atoms with E-state index in [2.05, 4.69) is 4.90 Å². The van der Waals surface area contributed by atoms with E-state index in [9.17, 15) is 9.50 Å². The molecule has 0 radical (unpaired) electrons. The third-order valence-electron chi connectivity index (χ3n) is 3.57. The van der Waals surface area contributed by atoms with Crippen molar-refractivity contribution in [1.29, 1.82) is 5.41 Å². The zero-order chi connectivity index (χ0) is 14.7. The molecule has 2 rings (SSSR count). The van der Waals surface area contributed by atoms with Crippen molar-refractivity contribution in [3.63, 3.8) is 0 Å². The van der Waals surface area contributed by atoms with Gasteiger partial charge in [0.15, 0.2) is 0 Å². The zero-order valence-electron chi connectivity index (χ0n) is 11.5. The average molecular weight is 281 g/mol. The summed E-state index contributed by atoms with van der Waals surface area (Å²) in [6.45, 7) is 3.71. The molecule has 1 heterocycles. The van der Waals surface area contributed by atoms with Crippen LogP contribution < -0.4 is 5.73 Å². The van der Waals surface area contributed by atoms with E-state index in [-0.39, 0.29) is 24.6 Å². The van der Waals surface area contributed by atoms with Crippen molar-refractivity contribution in [3.8, 4) is 0 Å². The molecule has 2 atom stereocenters. The van der Waals surface area contributed by atoms with Gasteiger partial charge in [0.05, 0.1) is 19.3 Å². The van der Waals surface area contributed by atoms with Gasteiger partial charge in [-0.15, -0.1) is 0 Å². The quantitative estimate of drug-likeness (QED) is 0.560. The number of nitrogen functional groups attached to an aromatic ring is 1. The summed E-state index contributed by atoms with van der Waals surface area (Å²) in [5.74, 6) is -0.540. The van der Waals surface area contributed by atoms with Crippen molar-refractivity contribution in [2.75, 3.05) is 19.8 Å². The number of hydrogen-bond acceptors (Lipinski definition) is 4. The third kappa shape index (κ3) is 3.33. The number of halogens is 1. The number of rotatable bonds is 4. The Kier molecular flexibility index (Phi) is 4.69. The molecule has 0 saturated carbocycles. The van der Waals surface area contributed by atoms with Gasteiger partial charge in [0.25, 0.3) is 0 Å². The molecule has 0 amide bonds. The first-order valence-electron chi connectivity index (χ1n) is 6.60. The van der Waals surface area contributed by atoms with E-state index in [1.807, 2.05) is 6.92 Å². The van der Waals surface area contributed by atoms with Gasteiger partial charge >= 0.3 is 0 Å². The molecular formula is C14H20FN3O2. The smallest absolute Gasteiger partial charge is 0.123 e. The topological polar surface area (TPSA) is 82.6 Å². The highest BCUT2D eigenvalue weighted by Gasteiger charge is 2.26. The summed E-state index contributed by atoms with van der Waals surface area (Å²) in [6.07, 6.45) is -0.201. The molecule has 1 aliphatic rings. The number of nitrogens with zero attached hydrogens (tertiary/aromatic N) is 1. The molecule has 20 heavy (non-hydrogen) atoms. The van der Waals surface area contributed by atoms with Gasteiger partial charge < -0.3 is 15.6 Å². The monoisotopic (exact) mass is 281 g/mol. The van der Waals surface area contributed by atoms with Crippen molar-refractivity contribution < 1.29 is 14.2 Å². The number of amidine groups is 1. The van der Waals surface area contributed by atoms with Crippen LogP contribution in [0.5, 0.6) is 0 Å². The van der Waals surface area contributed by atoms with Gasteiger partial charge in [-0.2, -0.15) is 0 Å². The maximum Gasteiger partial charge on any atom is 0.123 e. The Morgan fingerprint density at radius 1 is 1.60 bits per heavy atom. The Balaban J connectivity index is 2.18. The minimum absolute atomic E-state index is 0.0216. The fourth-order valence-corrected chi connectivity index (χ4v) is 2.36. The Labute approximate surface area is 117 Å². The molecule has 2 unspecified atom stereocenters. The summed E-state index contributed by atoms with van der Waals surface area (Å²) in [7, 11) is 0. The van der Waals surface area contributed by atoms with E-state index >= 15 is 0 Å². The number of nitrogens with one attached hydrogen (secondary N) is 1. The van der Waals surface area contributed by atoms with Crippen LogP contribution in [0.15, 0.2) is 18.2 Å². The van der Waals surface area contributed by atoms with Crippen LogP contribution >= 0.6 is 0 Å². The average Bonchev–Trinajstić information content (AvgIpc) is 2.42. The summed E-state index contributed by atoms with van der Waals surface area (Å²) in [6, 6.07) is 4.51. The molecule has 1 aliphatic heterocycles. The van der Waals surface area contributed by atoms with Gasteiger partial charge in [-0.05, 0) is 24.6 Å². The fourth-order valence-electron chi connectivity index (χ4n) is 2.36. The largest absolute Gasteiger partial charge is 0.394 e. The van der Waals surface area contributed by atoms with Crippen LogP contribution in [0.1, 0.15) is 18.1 Å². The van der Waals surface area contributed by atoms with E-state index in [4.69, 9.17) is 15.9 Å². The van der Waals surface area contributed by atoms with Crippen LogP contribution in [0.2, 0.25) is 0 Å². The zero-order valence-corrected chi connectivity index (χ0v) is 11.5. The van der Waals surface area contributed by atoms with Crippen molar-refractivity contribution >= 4 is 5.84 Å². The SMILES string of the molecule is CC1COC(CO)CN1Cc1ccc(F)cc1C(=N)N. The van der Waals surface area contributed by atoms with Crippen molar-refractivity contribution in [2.24, 2.45) is 5.73 Å². The van der Waals surface area contributed by atoms with Gasteiger partial charge in [-0.25, -0.2) is 4.39 Å². The molecule has 110 valence electrons. The highest BCUT2D eigenvalue weighted by atomic mass is 19.1. The second-order valence-corrected chi connectivity index (χ2v) is 5.13. The van der Waals surface area contributed by atoms with E-state index in [0.29, 0.717) is 25.3 Å². The summed E-state index contributed by atoms with van der Waals surface area (Å²) in [4.78, 5) is 2.14. The van der Waals surface area contributed by atoms with Gasteiger partial charge in [-0.3, -0.25) is 10.3 Å². The van der Waals surface area contributed by atoms with Crippen LogP contribution in [-0.2, 0) is 11.3 Å². The molecule has 1 saturated heterocycles. The highest BCUT2D eigenvalue weighted by Crippen LogP contribution is 2.18. The second-order valence-electron chi connectivity index (χ2n) is 5.13. The van der Waals surface area contributed by atoms with Gasteiger partial charge in [0, 0.05) is 24.7 Å². The Morgan fingerprint density at radius 3 is 3.00 bits per heavy atom. The molecular weight excluding hydrogens is 261 g/mol. The van der Waals surface area contributed by atoms with Crippen LogP contribution in [0.25, 0.3) is 0 Å². The lowest BCUT2D eigenvalue weighted by Crippen LogP contribution is -2.49. The maximum absolute atomic E-state index is 13.3. The second kappa shape index (κ2) is 6.30. The highest BCUT2D eigenvalue weighted by molar-refractivity contribution is 5.96. The maximum atomic E-state index is 13.3. The molecule has 4 N–H and O–H groups in total. The van der Waals surface area contributed by atoms with Crippen LogP contribution in [0, 0.1) is 11.2 Å². The Morgan fingerprint density at radius 2 is 2.35 bits per heavy atom. The van der Waals surface area contributed by atoms with Crippen LogP contribution in [0.3, 0.4) is 0 Å². The number of aliphatic hydroxyl groups excluding tert-OH is 1. The fraction of sp³-hybridized carbons (Fsp3) is 0.500. The molecule has 0 aromatic heterocycles. The van der Waals surface area contributed by atoms with E-state index in [0.717, 1.165) is 5.56 Å². The summed E-state index contributed by atoms with van der Waals surface area (Å²) in [5.41, 5.74) is 6.74. The Hall–Kier alpha value is -1.50. The number of aliphatic hydroxyl groups is 1. The molecule has 1 fully saturated rings. The van der Waals surface area contributed by atoms with E-state index in [1.165, 1.54) is 12.1 Å². The molecule has 6 heteroatoms. The molecule has 0 bridgehead atoms. The summed E-state index contributed by atoms with van der Waals surface area (Å²) in [5, 5.41) is 16.7. The Bertz CT molecular complexity index is 495. The van der Waals surface area contributed by atoms with Crippen molar-refractivity contribution in [2.45, 2.75) is 25.6 Å². The molecule has 0 spiro atoms. The molecule has 5 nitrogen and oxygen atoms in total. The summed E-state index contributed by atoms with van der Waals surface area (Å²) >= 11 is 0. The number of hydrogen-bond donors (Lipinski definition) is 3. The number of nitrogens with two attached hydrogens (primary N) is 1. The van der Waals surface area contributed by atoms with E-state index < -0.39 is 5.82 Å². The van der Waals surface area contributed by atoms with Crippen LogP contribution in [0.4, 0.5) is 4.39 Å². The van der Waals surface area contributed by atoms with Crippen molar-refractivity contribution in [3.05, 3.63) is 35.1 Å². The molecule has 1 aromatic carbocycles. The first-order valence-corrected chi connectivity index (χ1v) is 6.60. The standard InChI is InChI=1S/C14H20FN3O2/c1-9-8-20-12(7-19)6-18(9)5-10-2-3-11(15)4-13(10)14(16)17/h2-4,9,12,19H,5-8H2,1H3,(H3,16,17). The first-order chi connectivity index (χ1) is 9.51. The third-order valence-corrected chi connectivity index (χ3v) is 3.57. The number of ether oxygens (including phenoxy) is 1. The summed E-state index contributed by atoms with van der Waals surface area (Å²) < 4.78 is 18.7. The minimum atomic E-state index is -0.401. The molecule has 1 aromatic rings. The lowest BCUT2D eigenvalue weighted by atomic mass is 10.0. The van der Waals surface area contributed by atoms with Crippen molar-refractivity contribution in [1.82, 2.24) is 4.90 Å². The first kappa shape index (κ1) is 14.9. The predicted molar refractivity (Wildman–Crippen MR) is 74.1 cm³/mol. The van der Waals surface area contributed by atoms with Gasteiger partial charge in [-0.1, -0.05) is 6.07 Å². The van der Waals surface area contributed by atoms with Gasteiger partial charge in [0.2, 0.25) is 0 Å². The number of benzene rings is 1. The van der Waals surface area contributed by atoms with E-state index in [1.54, 1.807) is 6.07 Å². The number of morpholine rings is 1. The van der Waals surface area contributed by atoms with Crippen LogP contribution in [-0.4, -0.2) is 47.7 Å². The molecule has 0 aliphatic carbocycles. The van der Waals surface area contributed by atoms with Gasteiger partial charge in [0.1, 0.15) is 11.7 Å².